The van der Waals surface area contributed by atoms with Gasteiger partial charge in [0.15, 0.2) is 0 Å². The van der Waals surface area contributed by atoms with E-state index in [0.29, 0.717) is 0 Å². The standard InChI is InChI=1S/C51H35N3/c1-3-10-36(11-4-1)37-21-25-44(26-22-37)54(45-29-31-52-32-30-45)46-15-9-14-41(35-46)38-17-19-39(20-18-38)42-23-27-47-43(34-42)24-28-49-51(47)50(40-12-5-2-6-13-40)48-16-7-8-33-53(48)49/h1-35H. The van der Waals surface area contributed by atoms with Crippen molar-refractivity contribution in [2.45, 2.75) is 0 Å². The molecule has 0 radical (unpaired) electrons. The van der Waals surface area contributed by atoms with E-state index >= 15 is 0 Å². The second-order valence-corrected chi connectivity index (χ2v) is 13.7. The quantitative estimate of drug-likeness (QED) is 0.166. The third-order valence-electron chi connectivity index (χ3n) is 10.5. The van der Waals surface area contributed by atoms with E-state index in [2.05, 4.69) is 215 Å². The number of benzene rings is 7. The molecule has 0 unspecified atom stereocenters. The Hall–Kier alpha value is -7.23. The van der Waals surface area contributed by atoms with E-state index in [1.807, 2.05) is 12.4 Å². The van der Waals surface area contributed by atoms with Gasteiger partial charge in [0.05, 0.1) is 11.0 Å². The van der Waals surface area contributed by atoms with Crippen LogP contribution in [0.25, 0.3) is 71.7 Å². The van der Waals surface area contributed by atoms with Gasteiger partial charge in [-0.25, -0.2) is 0 Å². The van der Waals surface area contributed by atoms with Crippen molar-refractivity contribution in [2.75, 3.05) is 4.90 Å². The summed E-state index contributed by atoms with van der Waals surface area (Å²) in [6.07, 6.45) is 5.87. The van der Waals surface area contributed by atoms with E-state index in [-0.39, 0.29) is 0 Å². The summed E-state index contributed by atoms with van der Waals surface area (Å²) in [5.74, 6) is 0. The average Bonchev–Trinajstić information content (AvgIpc) is 3.60. The van der Waals surface area contributed by atoms with Crippen molar-refractivity contribution in [3.05, 3.63) is 213 Å². The van der Waals surface area contributed by atoms with Crippen LogP contribution < -0.4 is 4.90 Å². The van der Waals surface area contributed by atoms with E-state index in [1.54, 1.807) is 0 Å². The van der Waals surface area contributed by atoms with Crippen molar-refractivity contribution in [2.24, 2.45) is 0 Å². The molecular weight excluding hydrogens is 655 g/mol. The van der Waals surface area contributed by atoms with E-state index in [1.165, 1.54) is 66.1 Å². The zero-order valence-electron chi connectivity index (χ0n) is 29.5. The summed E-state index contributed by atoms with van der Waals surface area (Å²) in [5.41, 5.74) is 15.3. The molecular formula is C51H35N3. The van der Waals surface area contributed by atoms with Crippen molar-refractivity contribution < 1.29 is 0 Å². The highest BCUT2D eigenvalue weighted by atomic mass is 15.1. The summed E-state index contributed by atoms with van der Waals surface area (Å²) in [7, 11) is 0. The Morgan fingerprint density at radius 2 is 0.944 bits per heavy atom. The molecule has 0 saturated carbocycles. The lowest BCUT2D eigenvalue weighted by Crippen LogP contribution is -2.10. The molecule has 54 heavy (non-hydrogen) atoms. The van der Waals surface area contributed by atoms with Crippen LogP contribution in [0.5, 0.6) is 0 Å². The van der Waals surface area contributed by atoms with Crippen molar-refractivity contribution in [1.29, 1.82) is 0 Å². The second-order valence-electron chi connectivity index (χ2n) is 13.7. The van der Waals surface area contributed by atoms with Crippen LogP contribution in [0.4, 0.5) is 17.1 Å². The summed E-state index contributed by atoms with van der Waals surface area (Å²) in [5, 5.41) is 3.79. The Balaban J connectivity index is 0.991. The first-order valence-corrected chi connectivity index (χ1v) is 18.4. The molecule has 254 valence electrons. The largest absolute Gasteiger partial charge is 0.316 e. The summed E-state index contributed by atoms with van der Waals surface area (Å²) < 4.78 is 2.32. The minimum atomic E-state index is 1.06. The first-order chi connectivity index (χ1) is 26.8. The summed E-state index contributed by atoms with van der Waals surface area (Å²) in [6.45, 7) is 0. The van der Waals surface area contributed by atoms with Gasteiger partial charge < -0.3 is 9.30 Å². The van der Waals surface area contributed by atoms with Crippen LogP contribution in [-0.2, 0) is 0 Å². The van der Waals surface area contributed by atoms with Gasteiger partial charge in [-0.1, -0.05) is 133 Å². The molecule has 0 aliphatic heterocycles. The highest BCUT2D eigenvalue weighted by Gasteiger charge is 2.17. The molecule has 0 bridgehead atoms. The number of hydrogen-bond donors (Lipinski definition) is 0. The van der Waals surface area contributed by atoms with Gasteiger partial charge in [0.2, 0.25) is 0 Å². The normalized spacial score (nSPS) is 11.3. The molecule has 10 aromatic rings. The number of rotatable bonds is 7. The SMILES string of the molecule is c1ccc(-c2ccc(N(c3ccncc3)c3cccc(-c4ccc(-c5ccc6c(ccc7c6c(-c6ccccc6)c6ccccn67)c5)cc4)c3)cc2)cc1. The molecule has 7 aromatic carbocycles. The summed E-state index contributed by atoms with van der Waals surface area (Å²) in [4.78, 5) is 6.58. The Morgan fingerprint density at radius 3 is 1.69 bits per heavy atom. The Morgan fingerprint density at radius 1 is 0.370 bits per heavy atom. The van der Waals surface area contributed by atoms with Gasteiger partial charge in [0.25, 0.3) is 0 Å². The lowest BCUT2D eigenvalue weighted by molar-refractivity contribution is 1.24. The molecule has 0 saturated heterocycles. The molecule has 0 spiro atoms. The average molecular weight is 690 g/mol. The van der Waals surface area contributed by atoms with Crippen molar-refractivity contribution in [1.82, 2.24) is 9.38 Å². The van der Waals surface area contributed by atoms with E-state index < -0.39 is 0 Å². The fourth-order valence-electron chi connectivity index (χ4n) is 7.90. The topological polar surface area (TPSA) is 20.5 Å². The maximum atomic E-state index is 4.29. The van der Waals surface area contributed by atoms with E-state index in [9.17, 15) is 0 Å². The highest BCUT2D eigenvalue weighted by molar-refractivity contribution is 6.19. The third-order valence-corrected chi connectivity index (χ3v) is 10.5. The fourth-order valence-corrected chi connectivity index (χ4v) is 7.90. The van der Waals surface area contributed by atoms with Gasteiger partial charge in [-0.05, 0) is 110 Å². The zero-order chi connectivity index (χ0) is 35.8. The lowest BCUT2D eigenvalue weighted by atomic mass is 9.95. The number of hydrogen-bond acceptors (Lipinski definition) is 2. The highest BCUT2D eigenvalue weighted by Crippen LogP contribution is 2.41. The Kier molecular flexibility index (Phi) is 7.81. The predicted octanol–water partition coefficient (Wildman–Crippen LogP) is 13.8. The van der Waals surface area contributed by atoms with Crippen molar-refractivity contribution >= 4 is 44.3 Å². The van der Waals surface area contributed by atoms with Gasteiger partial charge in [0.1, 0.15) is 0 Å². The van der Waals surface area contributed by atoms with Crippen LogP contribution in [0.1, 0.15) is 0 Å². The molecule has 0 atom stereocenters. The maximum absolute atomic E-state index is 4.29. The number of fused-ring (bicyclic) bond motifs is 5. The molecule has 0 fully saturated rings. The predicted molar refractivity (Wildman–Crippen MR) is 227 cm³/mol. The molecule has 3 nitrogen and oxygen atoms in total. The molecule has 3 heteroatoms. The molecule has 0 amide bonds. The molecule has 0 N–H and O–H groups in total. The van der Waals surface area contributed by atoms with Crippen LogP contribution >= 0.6 is 0 Å². The van der Waals surface area contributed by atoms with Crippen LogP contribution in [0.2, 0.25) is 0 Å². The van der Waals surface area contributed by atoms with Crippen molar-refractivity contribution in [3.8, 4) is 44.5 Å². The third kappa shape index (κ3) is 5.60. The minimum absolute atomic E-state index is 1.06. The summed E-state index contributed by atoms with van der Waals surface area (Å²) in [6, 6.07) is 69.8. The van der Waals surface area contributed by atoms with Crippen molar-refractivity contribution in [3.63, 3.8) is 0 Å². The summed E-state index contributed by atoms with van der Waals surface area (Å²) >= 11 is 0. The second kappa shape index (κ2) is 13.4. The van der Waals surface area contributed by atoms with E-state index in [0.717, 1.165) is 22.6 Å². The van der Waals surface area contributed by atoms with Crippen LogP contribution in [-0.4, -0.2) is 9.38 Å². The van der Waals surface area contributed by atoms with Gasteiger partial charge in [-0.2, -0.15) is 0 Å². The van der Waals surface area contributed by atoms with Gasteiger partial charge in [-0.15, -0.1) is 0 Å². The number of anilines is 3. The fraction of sp³-hybridized carbons (Fsp3) is 0. The van der Waals surface area contributed by atoms with Crippen LogP contribution in [0.15, 0.2) is 213 Å². The smallest absolute Gasteiger partial charge is 0.0541 e. The van der Waals surface area contributed by atoms with Gasteiger partial charge >= 0.3 is 0 Å². The van der Waals surface area contributed by atoms with E-state index in [4.69, 9.17) is 0 Å². The lowest BCUT2D eigenvalue weighted by Gasteiger charge is -2.26. The molecule has 0 aliphatic rings. The number of aromatic nitrogens is 2. The monoisotopic (exact) mass is 689 g/mol. The molecule has 0 aliphatic carbocycles. The van der Waals surface area contributed by atoms with Crippen LogP contribution in [0, 0.1) is 0 Å². The first kappa shape index (κ1) is 31.5. The zero-order valence-corrected chi connectivity index (χ0v) is 29.5. The molecule has 3 aromatic heterocycles. The molecule has 10 rings (SSSR count). The Labute approximate surface area is 314 Å². The van der Waals surface area contributed by atoms with Crippen LogP contribution in [0.3, 0.4) is 0 Å². The Bertz CT molecular complexity index is 2900. The van der Waals surface area contributed by atoms with Gasteiger partial charge in [-0.3, -0.25) is 4.98 Å². The number of pyridine rings is 2. The maximum Gasteiger partial charge on any atom is 0.0541 e. The van der Waals surface area contributed by atoms with Gasteiger partial charge in [0, 0.05) is 46.6 Å². The molecule has 3 heterocycles. The minimum Gasteiger partial charge on any atom is -0.316 e. The number of nitrogens with zero attached hydrogens (tertiary/aromatic N) is 3. The first-order valence-electron chi connectivity index (χ1n) is 18.4.